The molecule has 1 amide bonds. The minimum atomic E-state index is -0.220. The molecule has 5 rings (SSSR count). The predicted octanol–water partition coefficient (Wildman–Crippen LogP) is 6.98. The summed E-state index contributed by atoms with van der Waals surface area (Å²) in [6.45, 7) is 5.04. The molecule has 1 atom stereocenters. The van der Waals surface area contributed by atoms with Crippen LogP contribution in [-0.2, 0) is 17.8 Å². The SMILES string of the molecule is CCOc1cc(/C=C2\S[C@@H](Nc3ccc(CC)cc3)NC2=O)ccc1OCc1ccc2ccccc2c1. The van der Waals surface area contributed by atoms with E-state index in [2.05, 4.69) is 60.0 Å². The summed E-state index contributed by atoms with van der Waals surface area (Å²) < 4.78 is 12.0. The van der Waals surface area contributed by atoms with Crippen LogP contribution in [0.2, 0.25) is 0 Å². The molecule has 6 heteroatoms. The van der Waals surface area contributed by atoms with Gasteiger partial charge in [-0.05, 0) is 77.2 Å². The molecule has 0 unspecified atom stereocenters. The molecule has 37 heavy (non-hydrogen) atoms. The van der Waals surface area contributed by atoms with Crippen LogP contribution < -0.4 is 20.1 Å². The van der Waals surface area contributed by atoms with E-state index in [0.29, 0.717) is 29.6 Å². The Kier molecular flexibility index (Phi) is 7.66. The van der Waals surface area contributed by atoms with Gasteiger partial charge in [-0.1, -0.05) is 73.3 Å². The molecule has 0 spiro atoms. The fourth-order valence-corrected chi connectivity index (χ4v) is 5.18. The number of carbonyl (C=O) groups excluding carboxylic acids is 1. The molecule has 0 radical (unpaired) electrons. The van der Waals surface area contributed by atoms with Crippen molar-refractivity contribution in [2.45, 2.75) is 32.4 Å². The first-order chi connectivity index (χ1) is 18.1. The highest BCUT2D eigenvalue weighted by Crippen LogP contribution is 2.34. The Morgan fingerprint density at radius 3 is 2.43 bits per heavy atom. The maximum absolute atomic E-state index is 12.6. The Hall–Kier alpha value is -3.90. The van der Waals surface area contributed by atoms with Crippen LogP contribution in [0.3, 0.4) is 0 Å². The van der Waals surface area contributed by atoms with Crippen molar-refractivity contribution in [3.8, 4) is 11.5 Å². The van der Waals surface area contributed by atoms with E-state index in [1.54, 1.807) is 0 Å². The number of anilines is 1. The number of carbonyl (C=O) groups is 1. The molecule has 0 bridgehead atoms. The van der Waals surface area contributed by atoms with E-state index in [4.69, 9.17) is 9.47 Å². The number of thioether (sulfide) groups is 1. The predicted molar refractivity (Wildman–Crippen MR) is 153 cm³/mol. The van der Waals surface area contributed by atoms with Gasteiger partial charge in [0.05, 0.1) is 11.5 Å². The third-order valence-corrected chi connectivity index (χ3v) is 7.19. The molecule has 4 aromatic carbocycles. The highest BCUT2D eigenvalue weighted by atomic mass is 32.2. The van der Waals surface area contributed by atoms with Crippen LogP contribution in [0.4, 0.5) is 5.69 Å². The minimum absolute atomic E-state index is 0.0951. The second kappa shape index (κ2) is 11.4. The van der Waals surface area contributed by atoms with Gasteiger partial charge in [0.2, 0.25) is 0 Å². The van der Waals surface area contributed by atoms with Gasteiger partial charge >= 0.3 is 0 Å². The molecule has 1 heterocycles. The number of fused-ring (bicyclic) bond motifs is 1. The summed E-state index contributed by atoms with van der Waals surface area (Å²) in [6.07, 6.45) is 2.89. The monoisotopic (exact) mass is 510 g/mol. The van der Waals surface area contributed by atoms with Gasteiger partial charge in [0.25, 0.3) is 5.91 Å². The van der Waals surface area contributed by atoms with Crippen LogP contribution in [0.5, 0.6) is 11.5 Å². The molecule has 0 aliphatic carbocycles. The Morgan fingerprint density at radius 2 is 1.65 bits per heavy atom. The van der Waals surface area contributed by atoms with Crippen molar-refractivity contribution in [1.29, 1.82) is 0 Å². The first-order valence-corrected chi connectivity index (χ1v) is 13.4. The van der Waals surface area contributed by atoms with Crippen molar-refractivity contribution >= 4 is 40.2 Å². The number of benzene rings is 4. The molecule has 188 valence electrons. The van der Waals surface area contributed by atoms with Crippen LogP contribution in [0.15, 0.2) is 89.8 Å². The Balaban J connectivity index is 1.27. The zero-order valence-electron chi connectivity index (χ0n) is 21.0. The summed E-state index contributed by atoms with van der Waals surface area (Å²) in [6, 6.07) is 28.7. The topological polar surface area (TPSA) is 59.6 Å². The average molecular weight is 511 g/mol. The Bertz CT molecular complexity index is 1430. The van der Waals surface area contributed by atoms with Crippen molar-refractivity contribution < 1.29 is 14.3 Å². The Morgan fingerprint density at radius 1 is 0.865 bits per heavy atom. The van der Waals surface area contributed by atoms with Crippen molar-refractivity contribution in [2.75, 3.05) is 11.9 Å². The number of ether oxygens (including phenoxy) is 2. The number of aryl methyl sites for hydroxylation is 1. The fraction of sp³-hybridized carbons (Fsp3) is 0.194. The molecular formula is C31H30N2O3S. The summed E-state index contributed by atoms with van der Waals surface area (Å²) in [7, 11) is 0. The molecular weight excluding hydrogens is 480 g/mol. The van der Waals surface area contributed by atoms with E-state index in [-0.39, 0.29) is 11.4 Å². The lowest BCUT2D eigenvalue weighted by molar-refractivity contribution is -0.116. The molecule has 0 saturated carbocycles. The van der Waals surface area contributed by atoms with Crippen LogP contribution >= 0.6 is 11.8 Å². The summed E-state index contributed by atoms with van der Waals surface area (Å²) in [4.78, 5) is 13.3. The van der Waals surface area contributed by atoms with Gasteiger partial charge in [-0.15, -0.1) is 0 Å². The van der Waals surface area contributed by atoms with Gasteiger partial charge in [-0.2, -0.15) is 0 Å². The standard InChI is InChI=1S/C31H30N2O3S/c1-3-21-10-14-26(15-11-21)32-31-33-30(34)29(37-31)19-22-12-16-27(28(18-22)35-4-2)36-20-23-9-13-24-7-5-6-8-25(24)17-23/h5-19,31-32H,3-4,20H2,1-2H3,(H,33,34)/b29-19-/t31-/m0/s1. The van der Waals surface area contributed by atoms with E-state index >= 15 is 0 Å². The van der Waals surface area contributed by atoms with Crippen LogP contribution in [0.25, 0.3) is 16.8 Å². The minimum Gasteiger partial charge on any atom is -0.490 e. The van der Waals surface area contributed by atoms with Crippen molar-refractivity contribution in [3.05, 3.63) is 107 Å². The van der Waals surface area contributed by atoms with E-state index in [1.165, 1.54) is 28.1 Å². The average Bonchev–Trinajstić information content (AvgIpc) is 3.26. The molecule has 1 saturated heterocycles. The van der Waals surface area contributed by atoms with Crippen LogP contribution in [0, 0.1) is 0 Å². The van der Waals surface area contributed by atoms with Gasteiger partial charge in [0.1, 0.15) is 6.61 Å². The molecule has 2 N–H and O–H groups in total. The molecule has 4 aromatic rings. The molecule has 5 nitrogen and oxygen atoms in total. The normalized spacial score (nSPS) is 16.1. The number of nitrogens with one attached hydrogen (secondary N) is 2. The zero-order chi connectivity index (χ0) is 25.6. The van der Waals surface area contributed by atoms with E-state index in [9.17, 15) is 4.79 Å². The van der Waals surface area contributed by atoms with Crippen molar-refractivity contribution in [2.24, 2.45) is 0 Å². The lowest BCUT2D eigenvalue weighted by Crippen LogP contribution is -2.30. The number of rotatable bonds is 9. The summed E-state index contributed by atoms with van der Waals surface area (Å²) in [5, 5.41) is 8.76. The molecule has 1 aliphatic rings. The summed E-state index contributed by atoms with van der Waals surface area (Å²) >= 11 is 1.47. The van der Waals surface area contributed by atoms with Crippen molar-refractivity contribution in [1.82, 2.24) is 5.32 Å². The zero-order valence-corrected chi connectivity index (χ0v) is 21.8. The smallest absolute Gasteiger partial charge is 0.260 e. The van der Waals surface area contributed by atoms with E-state index in [0.717, 1.165) is 23.2 Å². The fourth-order valence-electron chi connectivity index (χ4n) is 4.20. The highest BCUT2D eigenvalue weighted by molar-refractivity contribution is 8.05. The maximum Gasteiger partial charge on any atom is 0.260 e. The second-order valence-corrected chi connectivity index (χ2v) is 9.93. The third-order valence-electron chi connectivity index (χ3n) is 6.16. The summed E-state index contributed by atoms with van der Waals surface area (Å²) in [5.41, 5.74) is 4.01. The van der Waals surface area contributed by atoms with Gasteiger partial charge in [-0.3, -0.25) is 4.79 Å². The van der Waals surface area contributed by atoms with Crippen molar-refractivity contribution in [3.63, 3.8) is 0 Å². The number of amides is 1. The molecule has 1 aliphatic heterocycles. The van der Waals surface area contributed by atoms with Gasteiger partial charge in [-0.25, -0.2) is 0 Å². The highest BCUT2D eigenvalue weighted by Gasteiger charge is 2.27. The number of hydrogen-bond acceptors (Lipinski definition) is 5. The number of hydrogen-bond donors (Lipinski definition) is 2. The van der Waals surface area contributed by atoms with Crippen LogP contribution in [0.1, 0.15) is 30.5 Å². The first kappa shape index (κ1) is 24.8. The van der Waals surface area contributed by atoms with E-state index in [1.807, 2.05) is 55.5 Å². The van der Waals surface area contributed by atoms with Gasteiger partial charge < -0.3 is 20.1 Å². The summed E-state index contributed by atoms with van der Waals surface area (Å²) in [5.74, 6) is 1.24. The Labute approximate surface area is 221 Å². The quantitative estimate of drug-likeness (QED) is 0.238. The lowest BCUT2D eigenvalue weighted by Gasteiger charge is -2.13. The van der Waals surface area contributed by atoms with Crippen LogP contribution in [-0.4, -0.2) is 18.0 Å². The second-order valence-electron chi connectivity index (χ2n) is 8.78. The lowest BCUT2D eigenvalue weighted by atomic mass is 10.1. The first-order valence-electron chi connectivity index (χ1n) is 12.5. The largest absolute Gasteiger partial charge is 0.490 e. The molecule has 1 fully saturated rings. The molecule has 0 aromatic heterocycles. The third kappa shape index (κ3) is 6.09. The maximum atomic E-state index is 12.6. The van der Waals surface area contributed by atoms with Gasteiger partial charge in [0.15, 0.2) is 17.0 Å². The van der Waals surface area contributed by atoms with E-state index < -0.39 is 0 Å². The van der Waals surface area contributed by atoms with Gasteiger partial charge in [0, 0.05) is 5.69 Å².